The summed E-state index contributed by atoms with van der Waals surface area (Å²) < 4.78 is 12.9. The van der Waals surface area contributed by atoms with E-state index in [1.54, 1.807) is 0 Å². The van der Waals surface area contributed by atoms with E-state index >= 15 is 0 Å². The van der Waals surface area contributed by atoms with E-state index < -0.39 is 66.9 Å². The van der Waals surface area contributed by atoms with E-state index in [9.17, 15) is 43.5 Å². The summed E-state index contributed by atoms with van der Waals surface area (Å²) in [7, 11) is 0. The number of nitrogens with one attached hydrogen (secondary N) is 3. The van der Waals surface area contributed by atoms with Crippen LogP contribution in [0, 0.1) is 0 Å². The van der Waals surface area contributed by atoms with Gasteiger partial charge in [0.15, 0.2) is 12.2 Å². The third kappa shape index (κ3) is 10.9. The summed E-state index contributed by atoms with van der Waals surface area (Å²) in [4.78, 5) is 68.9. The van der Waals surface area contributed by atoms with Crippen LogP contribution in [-0.2, 0) is 19.2 Å². The molecule has 1 unspecified atom stereocenters. The Morgan fingerprint density at radius 3 is 2.08 bits per heavy atom. The van der Waals surface area contributed by atoms with Crippen molar-refractivity contribution in [1.29, 1.82) is 0 Å². The first kappa shape index (κ1) is 30.8. The first-order valence-electron chi connectivity index (χ1n) is 11.1. The number of nitrogens with zero attached hydrogens (tertiary/aromatic N) is 1. The smallest absolute Gasteiger partial charge is 0.342 e. The number of hydrogen-bond donors (Lipinski definition) is 7. The molecule has 0 fully saturated rings. The Hall–Kier alpha value is -4.27. The summed E-state index contributed by atoms with van der Waals surface area (Å²) in [5.41, 5.74) is 0.576. The monoisotopic (exact) mass is 528 g/mol. The number of halogens is 1. The Bertz CT molecular complexity index is 986. The van der Waals surface area contributed by atoms with E-state index in [0.29, 0.717) is 12.1 Å². The number of hydroxylamine groups is 2. The summed E-state index contributed by atoms with van der Waals surface area (Å²) >= 11 is 0. The zero-order chi connectivity index (χ0) is 28.1. The zero-order valence-electron chi connectivity index (χ0n) is 19.8. The van der Waals surface area contributed by atoms with Crippen molar-refractivity contribution in [3.8, 4) is 0 Å². The van der Waals surface area contributed by atoms with Gasteiger partial charge in [-0.25, -0.2) is 18.8 Å². The lowest BCUT2D eigenvalue weighted by Crippen LogP contribution is -2.52. The number of carbonyl (C=O) groups is 6. The summed E-state index contributed by atoms with van der Waals surface area (Å²) in [5, 5.41) is 43.5. The van der Waals surface area contributed by atoms with Gasteiger partial charge in [0.25, 0.3) is 11.8 Å². The minimum absolute atomic E-state index is 0.112. The zero-order valence-corrected chi connectivity index (χ0v) is 19.8. The van der Waals surface area contributed by atoms with Gasteiger partial charge in [-0.3, -0.25) is 19.6 Å². The standard InChI is InChI=1S/C22H29FN4O10/c1-12(23)18(30)25-14-7-5-13(6-8-14)19(31)24-11-3-2-4-15(20(32)33)26-22(36)27(37)16(21(34)35)9-10-17(28)29/h5-8,12,15-16,37H,2-4,9-11H2,1H3,(H,24,31)(H,25,30)(H,26,36)(H,28,29)(H,32,33)(H,34,35)/t12?,15-,16-/m0/s1. The van der Waals surface area contributed by atoms with E-state index in [2.05, 4.69) is 10.6 Å². The molecule has 0 aromatic heterocycles. The average Bonchev–Trinajstić information content (AvgIpc) is 2.82. The Labute approximate surface area is 210 Å². The number of anilines is 1. The maximum Gasteiger partial charge on any atom is 0.342 e. The van der Waals surface area contributed by atoms with E-state index in [1.165, 1.54) is 24.3 Å². The van der Waals surface area contributed by atoms with Gasteiger partial charge in [0.05, 0.1) is 0 Å². The second-order valence-corrected chi connectivity index (χ2v) is 7.91. The third-order valence-corrected chi connectivity index (χ3v) is 5.00. The molecule has 1 aromatic rings. The molecule has 1 aromatic carbocycles. The number of aliphatic carboxylic acids is 3. The van der Waals surface area contributed by atoms with Crippen LogP contribution in [0.25, 0.3) is 0 Å². The van der Waals surface area contributed by atoms with Gasteiger partial charge < -0.3 is 31.3 Å². The first-order chi connectivity index (χ1) is 17.3. The van der Waals surface area contributed by atoms with Crippen molar-refractivity contribution in [2.24, 2.45) is 0 Å². The molecule has 0 aliphatic carbocycles. The molecule has 3 atom stereocenters. The van der Waals surface area contributed by atoms with Crippen molar-refractivity contribution in [3.05, 3.63) is 29.8 Å². The van der Waals surface area contributed by atoms with Crippen molar-refractivity contribution < 1.29 is 53.7 Å². The molecular weight excluding hydrogens is 499 g/mol. The molecule has 4 amide bonds. The molecule has 0 heterocycles. The fourth-order valence-electron chi connectivity index (χ4n) is 2.95. The number of hydrogen-bond acceptors (Lipinski definition) is 7. The predicted octanol–water partition coefficient (Wildman–Crippen LogP) is 1.06. The van der Waals surface area contributed by atoms with Gasteiger partial charge in [-0.1, -0.05) is 0 Å². The highest BCUT2D eigenvalue weighted by Gasteiger charge is 2.31. The van der Waals surface area contributed by atoms with Crippen molar-refractivity contribution in [1.82, 2.24) is 15.7 Å². The molecule has 15 heteroatoms. The average molecular weight is 528 g/mol. The van der Waals surface area contributed by atoms with Crippen LogP contribution in [0.15, 0.2) is 24.3 Å². The maximum absolute atomic E-state index is 12.9. The third-order valence-electron chi connectivity index (χ3n) is 5.00. The van der Waals surface area contributed by atoms with Crippen LogP contribution in [0.1, 0.15) is 49.4 Å². The highest BCUT2D eigenvalue weighted by Crippen LogP contribution is 2.11. The number of urea groups is 1. The minimum Gasteiger partial charge on any atom is -0.481 e. The number of alkyl halides is 1. The lowest BCUT2D eigenvalue weighted by molar-refractivity contribution is -0.158. The second kappa shape index (κ2) is 15.0. The Morgan fingerprint density at radius 2 is 1.57 bits per heavy atom. The lowest BCUT2D eigenvalue weighted by Gasteiger charge is -2.24. The van der Waals surface area contributed by atoms with Crippen LogP contribution in [0.2, 0.25) is 0 Å². The first-order valence-corrected chi connectivity index (χ1v) is 11.1. The molecule has 0 saturated heterocycles. The van der Waals surface area contributed by atoms with Crippen molar-refractivity contribution in [2.45, 2.75) is 57.3 Å². The molecule has 0 aliphatic heterocycles. The highest BCUT2D eigenvalue weighted by molar-refractivity contribution is 5.96. The summed E-state index contributed by atoms with van der Waals surface area (Å²) in [6, 6.07) is 0.905. The predicted molar refractivity (Wildman–Crippen MR) is 124 cm³/mol. The van der Waals surface area contributed by atoms with Gasteiger partial charge in [0.1, 0.15) is 6.04 Å². The quantitative estimate of drug-likeness (QED) is 0.0973. The molecule has 37 heavy (non-hydrogen) atoms. The Morgan fingerprint density at radius 1 is 0.946 bits per heavy atom. The van der Waals surface area contributed by atoms with Crippen molar-refractivity contribution >= 4 is 41.4 Å². The Balaban J connectivity index is 2.51. The number of carboxylic acids is 3. The van der Waals surface area contributed by atoms with Crippen LogP contribution >= 0.6 is 0 Å². The van der Waals surface area contributed by atoms with Crippen LogP contribution < -0.4 is 16.0 Å². The number of carbonyl (C=O) groups excluding carboxylic acids is 3. The summed E-state index contributed by atoms with van der Waals surface area (Å²) in [6.07, 6.45) is -2.51. The largest absolute Gasteiger partial charge is 0.481 e. The van der Waals surface area contributed by atoms with Gasteiger partial charge in [-0.05, 0) is 56.9 Å². The molecule has 0 radical (unpaired) electrons. The topological polar surface area (TPSA) is 223 Å². The van der Waals surface area contributed by atoms with Crippen LogP contribution in [0.4, 0.5) is 14.9 Å². The number of rotatable bonds is 15. The lowest BCUT2D eigenvalue weighted by atomic mass is 10.1. The number of unbranched alkanes of at least 4 members (excludes halogenated alkanes) is 1. The van der Waals surface area contributed by atoms with E-state index in [4.69, 9.17) is 10.2 Å². The second-order valence-electron chi connectivity index (χ2n) is 7.91. The molecule has 0 saturated carbocycles. The molecule has 0 aliphatic rings. The van der Waals surface area contributed by atoms with Crippen molar-refractivity contribution in [2.75, 3.05) is 11.9 Å². The number of amides is 4. The van der Waals surface area contributed by atoms with Gasteiger partial charge in [-0.15, -0.1) is 0 Å². The van der Waals surface area contributed by atoms with Crippen LogP contribution in [0.5, 0.6) is 0 Å². The molecule has 7 N–H and O–H groups in total. The van der Waals surface area contributed by atoms with Gasteiger partial charge in [-0.2, -0.15) is 5.06 Å². The van der Waals surface area contributed by atoms with E-state index in [-0.39, 0.29) is 30.0 Å². The van der Waals surface area contributed by atoms with E-state index in [0.717, 1.165) is 6.92 Å². The Kier molecular flexibility index (Phi) is 12.5. The van der Waals surface area contributed by atoms with Crippen LogP contribution in [-0.4, -0.2) is 86.1 Å². The molecule has 204 valence electrons. The minimum atomic E-state index is -1.89. The van der Waals surface area contributed by atoms with Crippen LogP contribution in [0.3, 0.4) is 0 Å². The highest BCUT2D eigenvalue weighted by atomic mass is 19.1. The maximum atomic E-state index is 12.9. The fraction of sp³-hybridized carbons (Fsp3) is 0.455. The van der Waals surface area contributed by atoms with Crippen molar-refractivity contribution in [3.63, 3.8) is 0 Å². The molecular formula is C22H29FN4O10. The van der Waals surface area contributed by atoms with Gasteiger partial charge >= 0.3 is 23.9 Å². The molecule has 0 spiro atoms. The summed E-state index contributed by atoms with van der Waals surface area (Å²) in [5.74, 6) is -5.73. The number of carboxylic acid groups (broad SMARTS) is 3. The normalized spacial score (nSPS) is 12.9. The molecule has 1 rings (SSSR count). The molecule has 0 bridgehead atoms. The fourth-order valence-corrected chi connectivity index (χ4v) is 2.95. The number of benzene rings is 1. The molecule has 14 nitrogen and oxygen atoms in total. The van der Waals surface area contributed by atoms with Gasteiger partial charge in [0, 0.05) is 24.2 Å². The summed E-state index contributed by atoms with van der Waals surface area (Å²) in [6.45, 7) is 1.24. The van der Waals surface area contributed by atoms with E-state index in [1.807, 2.05) is 5.32 Å². The SMILES string of the molecule is CC(F)C(=O)Nc1ccc(C(=O)NCCCC[C@H](NC(=O)N(O)[C@@H](CCC(=O)O)C(=O)O)C(=O)O)cc1. The van der Waals surface area contributed by atoms with Gasteiger partial charge in [0.2, 0.25) is 0 Å².